The molecular weight excluding hydrogens is 346 g/mol. The molecule has 0 spiro atoms. The van der Waals surface area contributed by atoms with Crippen molar-refractivity contribution in [3.8, 4) is 11.3 Å². The Kier molecular flexibility index (Phi) is 3.76. The number of fused-ring (bicyclic) bond motifs is 2. The summed E-state index contributed by atoms with van der Waals surface area (Å²) >= 11 is 1.64. The lowest BCUT2D eigenvalue weighted by atomic mass is 9.76. The van der Waals surface area contributed by atoms with E-state index in [2.05, 4.69) is 15.3 Å². The van der Waals surface area contributed by atoms with Crippen molar-refractivity contribution in [2.45, 2.75) is 31.9 Å². The van der Waals surface area contributed by atoms with Gasteiger partial charge in [-0.3, -0.25) is 4.79 Å². The first-order valence-corrected chi connectivity index (χ1v) is 9.82. The number of thiophene rings is 1. The molecule has 2 aliphatic rings. The summed E-state index contributed by atoms with van der Waals surface area (Å²) in [5, 5.41) is 5.19. The van der Waals surface area contributed by atoms with Crippen molar-refractivity contribution >= 4 is 27.5 Å². The van der Waals surface area contributed by atoms with Crippen LogP contribution in [0.1, 0.15) is 29.0 Å². The minimum absolute atomic E-state index is 0.00737. The van der Waals surface area contributed by atoms with Crippen LogP contribution in [-0.4, -0.2) is 34.6 Å². The molecule has 1 aromatic carbocycles. The van der Waals surface area contributed by atoms with Crippen LogP contribution in [0.2, 0.25) is 0 Å². The number of rotatable bonds is 3. The quantitative estimate of drug-likeness (QED) is 0.771. The predicted octanol–water partition coefficient (Wildman–Crippen LogP) is 3.57. The lowest BCUT2D eigenvalue weighted by molar-refractivity contribution is 0.00810. The summed E-state index contributed by atoms with van der Waals surface area (Å²) in [5.74, 6) is 1.24. The van der Waals surface area contributed by atoms with Gasteiger partial charge in [0.25, 0.3) is 5.91 Å². The number of carbonyl (C=O) groups excluding carboxylic acids is 1. The maximum Gasteiger partial charge on any atom is 0.251 e. The smallest absolute Gasteiger partial charge is 0.251 e. The van der Waals surface area contributed by atoms with E-state index in [1.54, 1.807) is 11.3 Å². The summed E-state index contributed by atoms with van der Waals surface area (Å²) in [6, 6.07) is 9.96. The van der Waals surface area contributed by atoms with Gasteiger partial charge in [-0.05, 0) is 43.3 Å². The van der Waals surface area contributed by atoms with Gasteiger partial charge in [0.1, 0.15) is 5.82 Å². The molecule has 26 heavy (non-hydrogen) atoms. The number of amides is 1. The zero-order valence-corrected chi connectivity index (χ0v) is 15.3. The second-order valence-corrected chi connectivity index (χ2v) is 7.93. The standard InChI is InChI=1S/C20H19N3O2S/c1-11-21-15-7-9-26-19(15)18(22-11)12-2-4-13(5-3-12)20(24)23-16-10-17-14(16)6-8-25-17/h2-5,7,9,14,16-17H,6,8,10H2,1H3,(H,23,24)/t14-,16+,17+/m0/s1. The number of hydrogen-bond acceptors (Lipinski definition) is 5. The van der Waals surface area contributed by atoms with Crippen molar-refractivity contribution in [2.75, 3.05) is 6.61 Å². The molecular formula is C20H19N3O2S. The Bertz CT molecular complexity index is 982. The first kappa shape index (κ1) is 15.9. The molecule has 0 radical (unpaired) electrons. The fraction of sp³-hybridized carbons (Fsp3) is 0.350. The molecule has 5 rings (SSSR count). The van der Waals surface area contributed by atoms with Crippen molar-refractivity contribution in [1.29, 1.82) is 0 Å². The minimum atomic E-state index is -0.00737. The van der Waals surface area contributed by atoms with E-state index in [0.717, 1.165) is 46.7 Å². The molecule has 1 aliphatic heterocycles. The molecule has 1 amide bonds. The van der Waals surface area contributed by atoms with E-state index in [0.29, 0.717) is 17.6 Å². The Morgan fingerprint density at radius 3 is 2.88 bits per heavy atom. The van der Waals surface area contributed by atoms with E-state index in [-0.39, 0.29) is 11.9 Å². The van der Waals surface area contributed by atoms with Crippen LogP contribution in [0.3, 0.4) is 0 Å². The Morgan fingerprint density at radius 1 is 1.23 bits per heavy atom. The molecule has 3 heterocycles. The van der Waals surface area contributed by atoms with Crippen molar-refractivity contribution in [1.82, 2.24) is 15.3 Å². The van der Waals surface area contributed by atoms with Crippen LogP contribution in [0.5, 0.6) is 0 Å². The summed E-state index contributed by atoms with van der Waals surface area (Å²) in [7, 11) is 0. The number of carbonyl (C=O) groups is 1. The lowest BCUT2D eigenvalue weighted by Gasteiger charge is -2.39. The van der Waals surface area contributed by atoms with Crippen molar-refractivity contribution in [2.24, 2.45) is 5.92 Å². The SMILES string of the molecule is Cc1nc(-c2ccc(C(=O)N[C@@H]3C[C@H]4OCC[C@@H]34)cc2)c2sccc2n1. The largest absolute Gasteiger partial charge is 0.378 e. The molecule has 3 atom stereocenters. The lowest BCUT2D eigenvalue weighted by Crippen LogP contribution is -2.53. The highest BCUT2D eigenvalue weighted by molar-refractivity contribution is 7.17. The average molecular weight is 365 g/mol. The van der Waals surface area contributed by atoms with Gasteiger partial charge in [-0.2, -0.15) is 0 Å². The van der Waals surface area contributed by atoms with Crippen molar-refractivity contribution in [3.05, 3.63) is 47.1 Å². The molecule has 2 fully saturated rings. The number of aromatic nitrogens is 2. The highest BCUT2D eigenvalue weighted by Gasteiger charge is 2.45. The van der Waals surface area contributed by atoms with E-state index in [1.807, 2.05) is 42.6 Å². The summed E-state index contributed by atoms with van der Waals surface area (Å²) in [5.41, 5.74) is 3.59. The van der Waals surface area contributed by atoms with Crippen LogP contribution < -0.4 is 5.32 Å². The topological polar surface area (TPSA) is 64.1 Å². The third kappa shape index (κ3) is 2.61. The van der Waals surface area contributed by atoms with Gasteiger partial charge in [0.15, 0.2) is 0 Å². The fourth-order valence-electron chi connectivity index (χ4n) is 3.97. The summed E-state index contributed by atoms with van der Waals surface area (Å²) in [6.45, 7) is 2.73. The van der Waals surface area contributed by atoms with E-state index in [4.69, 9.17) is 4.74 Å². The molecule has 0 unspecified atom stereocenters. The zero-order chi connectivity index (χ0) is 17.7. The summed E-state index contributed by atoms with van der Waals surface area (Å²) in [4.78, 5) is 21.6. The van der Waals surface area contributed by atoms with Crippen LogP contribution >= 0.6 is 11.3 Å². The Labute approximate surface area is 155 Å². The molecule has 132 valence electrons. The van der Waals surface area contributed by atoms with Crippen LogP contribution in [0.25, 0.3) is 21.5 Å². The van der Waals surface area contributed by atoms with Crippen LogP contribution in [0.15, 0.2) is 35.7 Å². The molecule has 6 heteroatoms. The van der Waals surface area contributed by atoms with E-state index in [1.165, 1.54) is 0 Å². The zero-order valence-electron chi connectivity index (χ0n) is 14.4. The van der Waals surface area contributed by atoms with Gasteiger partial charge < -0.3 is 10.1 Å². The number of benzene rings is 1. The predicted molar refractivity (Wildman–Crippen MR) is 101 cm³/mol. The van der Waals surface area contributed by atoms with E-state index in [9.17, 15) is 4.79 Å². The van der Waals surface area contributed by atoms with Crippen LogP contribution in [-0.2, 0) is 4.74 Å². The first-order valence-electron chi connectivity index (χ1n) is 8.94. The number of aryl methyl sites for hydroxylation is 1. The highest BCUT2D eigenvalue weighted by atomic mass is 32.1. The number of nitrogens with one attached hydrogen (secondary N) is 1. The Morgan fingerprint density at radius 2 is 2.08 bits per heavy atom. The molecule has 5 nitrogen and oxygen atoms in total. The molecule has 1 aliphatic carbocycles. The van der Waals surface area contributed by atoms with Gasteiger partial charge in [-0.15, -0.1) is 11.3 Å². The third-order valence-corrected chi connectivity index (χ3v) is 6.33. The Balaban J connectivity index is 1.37. The Hall–Kier alpha value is -2.31. The molecule has 3 aromatic rings. The average Bonchev–Trinajstić information content (AvgIpc) is 3.25. The first-order chi connectivity index (χ1) is 12.7. The van der Waals surface area contributed by atoms with Gasteiger partial charge in [0, 0.05) is 29.7 Å². The van der Waals surface area contributed by atoms with Crippen LogP contribution in [0, 0.1) is 12.8 Å². The van der Waals surface area contributed by atoms with Gasteiger partial charge >= 0.3 is 0 Å². The van der Waals surface area contributed by atoms with Gasteiger partial charge in [-0.1, -0.05) is 12.1 Å². The molecule has 1 N–H and O–H groups in total. The van der Waals surface area contributed by atoms with Crippen LogP contribution in [0.4, 0.5) is 0 Å². The maximum absolute atomic E-state index is 12.5. The molecule has 2 aromatic heterocycles. The van der Waals surface area contributed by atoms with Gasteiger partial charge in [0.05, 0.1) is 22.0 Å². The fourth-order valence-corrected chi connectivity index (χ4v) is 4.81. The third-order valence-electron chi connectivity index (χ3n) is 5.42. The van der Waals surface area contributed by atoms with E-state index < -0.39 is 0 Å². The summed E-state index contributed by atoms with van der Waals surface area (Å²) < 4.78 is 6.69. The number of ether oxygens (including phenoxy) is 1. The summed E-state index contributed by atoms with van der Waals surface area (Å²) in [6.07, 6.45) is 2.35. The van der Waals surface area contributed by atoms with Crippen molar-refractivity contribution in [3.63, 3.8) is 0 Å². The maximum atomic E-state index is 12.5. The monoisotopic (exact) mass is 365 g/mol. The second-order valence-electron chi connectivity index (χ2n) is 7.01. The second kappa shape index (κ2) is 6.14. The number of nitrogens with zero attached hydrogens (tertiary/aromatic N) is 2. The molecule has 0 bridgehead atoms. The molecule has 1 saturated carbocycles. The van der Waals surface area contributed by atoms with E-state index >= 15 is 0 Å². The minimum Gasteiger partial charge on any atom is -0.378 e. The van der Waals surface area contributed by atoms with Gasteiger partial charge in [0.2, 0.25) is 0 Å². The van der Waals surface area contributed by atoms with Crippen molar-refractivity contribution < 1.29 is 9.53 Å². The highest BCUT2D eigenvalue weighted by Crippen LogP contribution is 2.38. The molecule has 1 saturated heterocycles. The normalized spacial score (nSPS) is 24.3. The number of hydrogen-bond donors (Lipinski definition) is 1. The van der Waals surface area contributed by atoms with Gasteiger partial charge in [-0.25, -0.2) is 9.97 Å².